The molecule has 0 aliphatic rings. The van der Waals surface area contributed by atoms with E-state index in [1.165, 1.54) is 6.07 Å². The van der Waals surface area contributed by atoms with Crippen LogP contribution in [0.2, 0.25) is 15.1 Å². The van der Waals surface area contributed by atoms with Gasteiger partial charge in [0.05, 0.1) is 15.1 Å². The molecular weight excluding hydrogens is 294 g/mol. The lowest BCUT2D eigenvalue weighted by Gasteiger charge is -2.08. The Hall–Kier alpha value is -1.22. The summed E-state index contributed by atoms with van der Waals surface area (Å²) < 4.78 is 5.55. The average molecular weight is 302 g/mol. The van der Waals surface area contributed by atoms with Crippen LogP contribution in [0.1, 0.15) is 10.4 Å². The van der Waals surface area contributed by atoms with Gasteiger partial charge in [-0.3, -0.25) is 4.79 Å². The van der Waals surface area contributed by atoms with Crippen LogP contribution in [0.15, 0.2) is 36.4 Å². The van der Waals surface area contributed by atoms with E-state index in [0.29, 0.717) is 32.1 Å². The Morgan fingerprint density at radius 1 is 0.889 bits per heavy atom. The van der Waals surface area contributed by atoms with Crippen molar-refractivity contribution in [1.29, 1.82) is 0 Å². The van der Waals surface area contributed by atoms with Crippen molar-refractivity contribution in [1.82, 2.24) is 0 Å². The van der Waals surface area contributed by atoms with Crippen LogP contribution in [0.3, 0.4) is 0 Å². The van der Waals surface area contributed by atoms with Crippen molar-refractivity contribution >= 4 is 41.1 Å². The molecule has 0 N–H and O–H groups in total. The summed E-state index contributed by atoms with van der Waals surface area (Å²) in [5.41, 5.74) is 0.572. The number of aldehydes is 1. The maximum atomic E-state index is 10.5. The van der Waals surface area contributed by atoms with Crippen LogP contribution < -0.4 is 4.74 Å². The molecule has 0 saturated heterocycles. The minimum atomic E-state index is 0.362. The summed E-state index contributed by atoms with van der Waals surface area (Å²) in [6.45, 7) is 0. The topological polar surface area (TPSA) is 26.3 Å². The minimum absolute atomic E-state index is 0.362. The van der Waals surface area contributed by atoms with E-state index in [0.717, 1.165) is 6.29 Å². The molecule has 0 aliphatic heterocycles. The summed E-state index contributed by atoms with van der Waals surface area (Å²) in [5, 5.41) is 1.09. The van der Waals surface area contributed by atoms with E-state index in [2.05, 4.69) is 0 Å². The molecule has 0 atom stereocenters. The molecule has 2 rings (SSSR count). The first-order chi connectivity index (χ1) is 8.60. The Kier molecular flexibility index (Phi) is 4.12. The molecular formula is C13H7Cl3O2. The number of hydrogen-bond acceptors (Lipinski definition) is 2. The number of carbonyl (C=O) groups excluding carboxylic acids is 1. The molecule has 0 radical (unpaired) electrons. The highest BCUT2D eigenvalue weighted by Gasteiger charge is 2.08. The number of rotatable bonds is 3. The Morgan fingerprint density at radius 3 is 2.11 bits per heavy atom. The second-order valence-corrected chi connectivity index (χ2v) is 4.71. The molecule has 5 heteroatoms. The van der Waals surface area contributed by atoms with Crippen LogP contribution in [-0.2, 0) is 0 Å². The van der Waals surface area contributed by atoms with Crippen LogP contribution in [0.5, 0.6) is 11.5 Å². The highest BCUT2D eigenvalue weighted by Crippen LogP contribution is 2.36. The van der Waals surface area contributed by atoms with E-state index in [1.807, 2.05) is 0 Å². The molecule has 0 spiro atoms. The van der Waals surface area contributed by atoms with E-state index >= 15 is 0 Å². The summed E-state index contributed by atoms with van der Waals surface area (Å²) >= 11 is 17.7. The lowest BCUT2D eigenvalue weighted by molar-refractivity contribution is 0.112. The fourth-order valence-corrected chi connectivity index (χ4v) is 1.90. The molecule has 0 saturated carbocycles. The molecule has 2 aromatic rings. The molecule has 0 bridgehead atoms. The van der Waals surface area contributed by atoms with Crippen LogP contribution in [0.4, 0.5) is 0 Å². The van der Waals surface area contributed by atoms with Gasteiger partial charge in [-0.15, -0.1) is 0 Å². The summed E-state index contributed by atoms with van der Waals surface area (Å²) in [6.07, 6.45) is 0.760. The standard InChI is InChI=1S/C13H7Cl3O2/c14-10-5-12(16)13(6-11(10)15)18-9-3-1-8(7-17)2-4-9/h1-7H. The molecule has 0 amide bonds. The molecule has 0 heterocycles. The van der Waals surface area contributed by atoms with Crippen LogP contribution in [-0.4, -0.2) is 6.29 Å². The quantitative estimate of drug-likeness (QED) is 0.571. The van der Waals surface area contributed by atoms with Crippen molar-refractivity contribution in [2.75, 3.05) is 0 Å². The van der Waals surface area contributed by atoms with E-state index in [-0.39, 0.29) is 0 Å². The molecule has 2 nitrogen and oxygen atoms in total. The van der Waals surface area contributed by atoms with Gasteiger partial charge >= 0.3 is 0 Å². The number of ether oxygens (including phenoxy) is 1. The average Bonchev–Trinajstić information content (AvgIpc) is 2.37. The molecule has 0 fully saturated rings. The fourth-order valence-electron chi connectivity index (χ4n) is 1.32. The maximum Gasteiger partial charge on any atom is 0.150 e. The Labute approximate surface area is 119 Å². The second kappa shape index (κ2) is 5.61. The first kappa shape index (κ1) is 13.2. The van der Waals surface area contributed by atoms with Gasteiger partial charge in [-0.2, -0.15) is 0 Å². The lowest BCUT2D eigenvalue weighted by Crippen LogP contribution is -1.87. The van der Waals surface area contributed by atoms with Crippen molar-refractivity contribution in [3.8, 4) is 11.5 Å². The van der Waals surface area contributed by atoms with E-state index in [4.69, 9.17) is 39.5 Å². The fraction of sp³-hybridized carbons (Fsp3) is 0. The zero-order chi connectivity index (χ0) is 13.1. The summed E-state index contributed by atoms with van der Waals surface area (Å²) in [4.78, 5) is 10.5. The van der Waals surface area contributed by atoms with E-state index in [1.54, 1.807) is 30.3 Å². The van der Waals surface area contributed by atoms with Crippen molar-refractivity contribution in [2.24, 2.45) is 0 Å². The smallest absolute Gasteiger partial charge is 0.150 e. The maximum absolute atomic E-state index is 10.5. The molecule has 18 heavy (non-hydrogen) atoms. The predicted octanol–water partition coefficient (Wildman–Crippen LogP) is 5.25. The number of carbonyl (C=O) groups is 1. The third-order valence-corrected chi connectivity index (χ3v) is 3.24. The van der Waals surface area contributed by atoms with Crippen molar-refractivity contribution in [3.63, 3.8) is 0 Å². The van der Waals surface area contributed by atoms with Gasteiger partial charge in [0.1, 0.15) is 17.8 Å². The van der Waals surface area contributed by atoms with Gasteiger partial charge in [-0.1, -0.05) is 34.8 Å². The second-order valence-electron chi connectivity index (χ2n) is 3.49. The third-order valence-electron chi connectivity index (χ3n) is 2.22. The summed E-state index contributed by atoms with van der Waals surface area (Å²) in [6, 6.07) is 9.69. The summed E-state index contributed by atoms with van der Waals surface area (Å²) in [5.74, 6) is 0.964. The number of benzene rings is 2. The Balaban J connectivity index is 2.27. The highest BCUT2D eigenvalue weighted by atomic mass is 35.5. The number of halogens is 3. The third kappa shape index (κ3) is 2.96. The van der Waals surface area contributed by atoms with E-state index in [9.17, 15) is 4.79 Å². The predicted molar refractivity (Wildman–Crippen MR) is 73.4 cm³/mol. The SMILES string of the molecule is O=Cc1ccc(Oc2cc(Cl)c(Cl)cc2Cl)cc1. The van der Waals surface area contributed by atoms with Gasteiger partial charge in [-0.25, -0.2) is 0 Å². The van der Waals surface area contributed by atoms with Crippen LogP contribution in [0, 0.1) is 0 Å². The summed E-state index contributed by atoms with van der Waals surface area (Å²) in [7, 11) is 0. The molecule has 0 unspecified atom stereocenters. The lowest BCUT2D eigenvalue weighted by atomic mass is 10.2. The zero-order valence-corrected chi connectivity index (χ0v) is 11.3. The van der Waals surface area contributed by atoms with Gasteiger partial charge in [0, 0.05) is 11.6 Å². The molecule has 0 aliphatic carbocycles. The number of hydrogen-bond donors (Lipinski definition) is 0. The van der Waals surface area contributed by atoms with Gasteiger partial charge < -0.3 is 4.74 Å². The Bertz CT molecular complexity index is 580. The van der Waals surface area contributed by atoms with Crippen molar-refractivity contribution in [3.05, 3.63) is 57.0 Å². The minimum Gasteiger partial charge on any atom is -0.456 e. The first-order valence-corrected chi connectivity index (χ1v) is 6.11. The van der Waals surface area contributed by atoms with Gasteiger partial charge in [0.2, 0.25) is 0 Å². The largest absolute Gasteiger partial charge is 0.456 e. The van der Waals surface area contributed by atoms with Crippen LogP contribution in [0.25, 0.3) is 0 Å². The normalized spacial score (nSPS) is 10.2. The molecule has 92 valence electrons. The van der Waals surface area contributed by atoms with Gasteiger partial charge in [0.25, 0.3) is 0 Å². The Morgan fingerprint density at radius 2 is 1.50 bits per heavy atom. The van der Waals surface area contributed by atoms with Crippen molar-refractivity contribution in [2.45, 2.75) is 0 Å². The van der Waals surface area contributed by atoms with Gasteiger partial charge in [0.15, 0.2) is 0 Å². The van der Waals surface area contributed by atoms with Crippen LogP contribution >= 0.6 is 34.8 Å². The monoisotopic (exact) mass is 300 g/mol. The zero-order valence-electron chi connectivity index (χ0n) is 8.99. The van der Waals surface area contributed by atoms with Crippen molar-refractivity contribution < 1.29 is 9.53 Å². The molecule has 0 aromatic heterocycles. The highest BCUT2D eigenvalue weighted by molar-refractivity contribution is 6.43. The first-order valence-electron chi connectivity index (χ1n) is 4.98. The molecule has 2 aromatic carbocycles. The van der Waals surface area contributed by atoms with E-state index < -0.39 is 0 Å². The van der Waals surface area contributed by atoms with Gasteiger partial charge in [-0.05, 0) is 30.3 Å².